The summed E-state index contributed by atoms with van der Waals surface area (Å²) in [5.74, 6) is 1.92. The summed E-state index contributed by atoms with van der Waals surface area (Å²) >= 11 is 0. The molecule has 0 bridgehead atoms. The molecule has 3 fully saturated rings. The van der Waals surface area contributed by atoms with E-state index >= 15 is 0 Å². The van der Waals surface area contributed by atoms with Gasteiger partial charge in [-0.05, 0) is 36.6 Å². The van der Waals surface area contributed by atoms with Crippen molar-refractivity contribution in [3.63, 3.8) is 0 Å². The standard InChI is InChI=1S/C12H20N2O.ClH/c1-12(2)8-6-14(7-9(8)12)11(15)10-4-3-5-13-10;/h8-10,13H,3-7H2,1-2H3;1H/t8?,9?,10-;/m0./s1. The molecular formula is C12H21ClN2O. The Balaban J connectivity index is 0.000000963. The molecule has 3 nitrogen and oxygen atoms in total. The predicted molar refractivity (Wildman–Crippen MR) is 65.6 cm³/mol. The molecule has 0 aromatic rings. The summed E-state index contributed by atoms with van der Waals surface area (Å²) in [5, 5.41) is 3.29. The Kier molecular flexibility index (Phi) is 2.96. The first kappa shape index (κ1) is 12.2. The summed E-state index contributed by atoms with van der Waals surface area (Å²) in [4.78, 5) is 14.2. The Morgan fingerprint density at radius 2 is 1.94 bits per heavy atom. The summed E-state index contributed by atoms with van der Waals surface area (Å²) < 4.78 is 0. The van der Waals surface area contributed by atoms with Gasteiger partial charge in [0.1, 0.15) is 0 Å². The number of nitrogens with zero attached hydrogens (tertiary/aromatic N) is 1. The fraction of sp³-hybridized carbons (Fsp3) is 0.917. The van der Waals surface area contributed by atoms with E-state index in [9.17, 15) is 4.79 Å². The molecular weight excluding hydrogens is 224 g/mol. The van der Waals surface area contributed by atoms with Gasteiger partial charge in [0.25, 0.3) is 0 Å². The van der Waals surface area contributed by atoms with Gasteiger partial charge in [0.15, 0.2) is 0 Å². The van der Waals surface area contributed by atoms with Crippen LogP contribution < -0.4 is 5.32 Å². The molecule has 1 saturated carbocycles. The Morgan fingerprint density at radius 1 is 1.31 bits per heavy atom. The van der Waals surface area contributed by atoms with E-state index in [1.54, 1.807) is 0 Å². The maximum atomic E-state index is 12.1. The van der Waals surface area contributed by atoms with Crippen molar-refractivity contribution in [2.45, 2.75) is 32.7 Å². The van der Waals surface area contributed by atoms with Crippen LogP contribution in [0.2, 0.25) is 0 Å². The number of carbonyl (C=O) groups excluding carboxylic acids is 1. The zero-order chi connectivity index (χ0) is 10.6. The molecule has 1 amide bonds. The molecule has 0 aromatic carbocycles. The van der Waals surface area contributed by atoms with Gasteiger partial charge in [-0.3, -0.25) is 4.79 Å². The van der Waals surface area contributed by atoms with Crippen molar-refractivity contribution < 1.29 is 4.79 Å². The lowest BCUT2D eigenvalue weighted by Gasteiger charge is -2.25. The first-order chi connectivity index (χ1) is 7.10. The average molecular weight is 245 g/mol. The molecule has 2 heterocycles. The largest absolute Gasteiger partial charge is 0.341 e. The van der Waals surface area contributed by atoms with Gasteiger partial charge in [0.05, 0.1) is 6.04 Å². The van der Waals surface area contributed by atoms with Gasteiger partial charge in [-0.15, -0.1) is 12.4 Å². The quantitative estimate of drug-likeness (QED) is 0.754. The molecule has 92 valence electrons. The molecule has 0 aromatic heterocycles. The number of carbonyl (C=O) groups is 1. The zero-order valence-corrected chi connectivity index (χ0v) is 10.8. The maximum absolute atomic E-state index is 12.1. The third-order valence-corrected chi connectivity index (χ3v) is 4.79. The van der Waals surface area contributed by atoms with Crippen LogP contribution in [-0.4, -0.2) is 36.5 Å². The highest BCUT2D eigenvalue weighted by Gasteiger charge is 2.62. The van der Waals surface area contributed by atoms with Gasteiger partial charge in [0.2, 0.25) is 5.91 Å². The van der Waals surface area contributed by atoms with Gasteiger partial charge in [-0.25, -0.2) is 0 Å². The van der Waals surface area contributed by atoms with Gasteiger partial charge in [-0.2, -0.15) is 0 Å². The summed E-state index contributed by atoms with van der Waals surface area (Å²) in [6, 6.07) is 0.130. The third kappa shape index (κ3) is 1.65. The van der Waals surface area contributed by atoms with Crippen LogP contribution in [0, 0.1) is 17.3 Å². The second-order valence-corrected chi connectivity index (χ2v) is 5.93. The maximum Gasteiger partial charge on any atom is 0.239 e. The molecule has 1 aliphatic carbocycles. The number of amides is 1. The van der Waals surface area contributed by atoms with Crippen LogP contribution in [0.15, 0.2) is 0 Å². The number of nitrogens with one attached hydrogen (secondary N) is 1. The van der Waals surface area contributed by atoms with Gasteiger partial charge < -0.3 is 10.2 Å². The fourth-order valence-corrected chi connectivity index (χ4v) is 3.43. The van der Waals surface area contributed by atoms with E-state index in [2.05, 4.69) is 24.1 Å². The number of fused-ring (bicyclic) bond motifs is 1. The monoisotopic (exact) mass is 244 g/mol. The van der Waals surface area contributed by atoms with Crippen molar-refractivity contribution in [1.82, 2.24) is 10.2 Å². The second kappa shape index (κ2) is 3.88. The SMILES string of the molecule is CC1(C)C2CN(C(=O)[C@@H]3CCCN3)CC21.Cl. The van der Waals surface area contributed by atoms with Gasteiger partial charge in [-0.1, -0.05) is 13.8 Å². The van der Waals surface area contributed by atoms with Crippen LogP contribution in [0.3, 0.4) is 0 Å². The molecule has 1 N–H and O–H groups in total. The summed E-state index contributed by atoms with van der Waals surface area (Å²) in [6.45, 7) is 7.70. The molecule has 3 atom stereocenters. The van der Waals surface area contributed by atoms with Crippen LogP contribution in [0.1, 0.15) is 26.7 Å². The molecule has 0 radical (unpaired) electrons. The van der Waals surface area contributed by atoms with Crippen molar-refractivity contribution in [3.8, 4) is 0 Å². The number of hydrogen-bond acceptors (Lipinski definition) is 2. The van der Waals surface area contributed by atoms with Crippen molar-refractivity contribution in [3.05, 3.63) is 0 Å². The van der Waals surface area contributed by atoms with E-state index in [1.165, 1.54) is 0 Å². The molecule has 2 saturated heterocycles. The van der Waals surface area contributed by atoms with E-state index in [4.69, 9.17) is 0 Å². The van der Waals surface area contributed by atoms with E-state index in [1.807, 2.05) is 0 Å². The second-order valence-electron chi connectivity index (χ2n) is 5.93. The molecule has 4 heteroatoms. The Hall–Kier alpha value is -0.280. The summed E-state index contributed by atoms with van der Waals surface area (Å²) in [6.07, 6.45) is 2.19. The van der Waals surface area contributed by atoms with E-state index in [-0.39, 0.29) is 18.4 Å². The molecule has 3 aliphatic rings. The van der Waals surface area contributed by atoms with E-state index in [0.717, 1.165) is 44.3 Å². The number of piperidine rings is 1. The van der Waals surface area contributed by atoms with Crippen molar-refractivity contribution >= 4 is 18.3 Å². The minimum Gasteiger partial charge on any atom is -0.341 e. The summed E-state index contributed by atoms with van der Waals surface area (Å²) in [7, 11) is 0. The first-order valence-electron chi connectivity index (χ1n) is 6.13. The van der Waals surface area contributed by atoms with E-state index in [0.29, 0.717) is 11.3 Å². The number of rotatable bonds is 1. The topological polar surface area (TPSA) is 32.3 Å². The zero-order valence-electron chi connectivity index (χ0n) is 10.0. The Bertz CT molecular complexity index is 285. The highest BCUT2D eigenvalue weighted by Crippen LogP contribution is 2.61. The molecule has 2 unspecified atom stereocenters. The lowest BCUT2D eigenvalue weighted by molar-refractivity contribution is -0.132. The van der Waals surface area contributed by atoms with Crippen molar-refractivity contribution in [1.29, 1.82) is 0 Å². The van der Waals surface area contributed by atoms with Crippen molar-refractivity contribution in [2.75, 3.05) is 19.6 Å². The fourth-order valence-electron chi connectivity index (χ4n) is 3.43. The lowest BCUT2D eigenvalue weighted by Crippen LogP contribution is -2.44. The average Bonchev–Trinajstić information content (AvgIpc) is 2.79. The summed E-state index contributed by atoms with van der Waals surface area (Å²) in [5.41, 5.74) is 0.514. The van der Waals surface area contributed by atoms with Crippen LogP contribution in [0.4, 0.5) is 0 Å². The van der Waals surface area contributed by atoms with Crippen LogP contribution in [0.5, 0.6) is 0 Å². The normalized spacial score (nSPS) is 39.1. The van der Waals surface area contributed by atoms with Crippen LogP contribution in [-0.2, 0) is 4.79 Å². The highest BCUT2D eigenvalue weighted by molar-refractivity contribution is 5.85. The highest BCUT2D eigenvalue weighted by atomic mass is 35.5. The molecule has 0 spiro atoms. The Labute approximate surface area is 103 Å². The molecule has 3 rings (SSSR count). The lowest BCUT2D eigenvalue weighted by atomic mass is 10.1. The van der Waals surface area contributed by atoms with Crippen molar-refractivity contribution in [2.24, 2.45) is 17.3 Å². The molecule has 2 aliphatic heterocycles. The minimum absolute atomic E-state index is 0. The molecule has 16 heavy (non-hydrogen) atoms. The number of halogens is 1. The van der Waals surface area contributed by atoms with Crippen LogP contribution in [0.25, 0.3) is 0 Å². The number of hydrogen-bond donors (Lipinski definition) is 1. The third-order valence-electron chi connectivity index (χ3n) is 4.79. The van der Waals surface area contributed by atoms with Gasteiger partial charge in [0, 0.05) is 13.1 Å². The van der Waals surface area contributed by atoms with E-state index < -0.39 is 0 Å². The number of likely N-dealkylation sites (tertiary alicyclic amines) is 1. The Morgan fingerprint density at radius 3 is 2.44 bits per heavy atom. The van der Waals surface area contributed by atoms with Crippen LogP contribution >= 0.6 is 12.4 Å². The smallest absolute Gasteiger partial charge is 0.239 e. The van der Waals surface area contributed by atoms with Gasteiger partial charge >= 0.3 is 0 Å². The predicted octanol–water partition coefficient (Wildman–Crippen LogP) is 1.27. The first-order valence-corrected chi connectivity index (χ1v) is 6.13. The minimum atomic E-state index is 0.